The first-order valence-corrected chi connectivity index (χ1v) is 5.26. The molecule has 0 fully saturated rings. The van der Waals surface area contributed by atoms with Crippen LogP contribution in [0.2, 0.25) is 0 Å². The molecule has 1 aromatic heterocycles. The Morgan fingerprint density at radius 1 is 1.38 bits per heavy atom. The number of fused-ring (bicyclic) bond motifs is 1. The smallest absolute Gasteiger partial charge is 0.126 e. The quantitative estimate of drug-likeness (QED) is 0.777. The van der Waals surface area contributed by atoms with Gasteiger partial charge in [-0.15, -0.1) is 0 Å². The van der Waals surface area contributed by atoms with Crippen LogP contribution in [0.25, 0.3) is 10.9 Å². The first-order chi connectivity index (χ1) is 7.54. The molecule has 0 bridgehead atoms. The number of rotatable bonds is 1. The molecule has 0 unspecified atom stereocenters. The third-order valence-corrected chi connectivity index (χ3v) is 2.80. The Bertz CT molecular complexity index is 588. The topological polar surface area (TPSA) is 39.6 Å². The standard InChI is InChI=1S/C13H13FN2/c1-7(2)13-10(6-15)9-5-11(14)8(3)4-12(9)16-13/h4-5,7,16H,1-3H3. The lowest BCUT2D eigenvalue weighted by Crippen LogP contribution is -1.89. The zero-order valence-electron chi connectivity index (χ0n) is 9.56. The van der Waals surface area contributed by atoms with Gasteiger partial charge in [0.05, 0.1) is 5.56 Å². The van der Waals surface area contributed by atoms with Gasteiger partial charge in [-0.2, -0.15) is 5.26 Å². The highest BCUT2D eigenvalue weighted by Gasteiger charge is 2.15. The Morgan fingerprint density at radius 3 is 2.62 bits per heavy atom. The summed E-state index contributed by atoms with van der Waals surface area (Å²) in [5.41, 5.74) is 2.86. The number of benzene rings is 1. The van der Waals surface area contributed by atoms with E-state index in [1.165, 1.54) is 6.07 Å². The number of aromatic amines is 1. The molecule has 2 rings (SSSR count). The van der Waals surface area contributed by atoms with Crippen molar-refractivity contribution in [2.45, 2.75) is 26.7 Å². The van der Waals surface area contributed by atoms with Crippen molar-refractivity contribution in [3.63, 3.8) is 0 Å². The second-order valence-corrected chi connectivity index (χ2v) is 4.33. The van der Waals surface area contributed by atoms with Gasteiger partial charge in [-0.3, -0.25) is 0 Å². The van der Waals surface area contributed by atoms with Gasteiger partial charge in [-0.05, 0) is 30.5 Å². The summed E-state index contributed by atoms with van der Waals surface area (Å²) in [4.78, 5) is 3.19. The maximum Gasteiger partial charge on any atom is 0.126 e. The molecule has 1 heterocycles. The van der Waals surface area contributed by atoms with E-state index >= 15 is 0 Å². The summed E-state index contributed by atoms with van der Waals surface area (Å²) in [5, 5.41) is 9.80. The first kappa shape index (κ1) is 10.7. The Hall–Kier alpha value is -1.82. The summed E-state index contributed by atoms with van der Waals surface area (Å²) < 4.78 is 13.5. The van der Waals surface area contributed by atoms with Gasteiger partial charge < -0.3 is 4.98 Å². The van der Waals surface area contributed by atoms with Gasteiger partial charge in [0.25, 0.3) is 0 Å². The molecule has 0 aliphatic rings. The summed E-state index contributed by atoms with van der Waals surface area (Å²) in [7, 11) is 0. The molecule has 1 N–H and O–H groups in total. The van der Waals surface area contributed by atoms with Crippen molar-refractivity contribution < 1.29 is 4.39 Å². The van der Waals surface area contributed by atoms with Crippen LogP contribution in [0.15, 0.2) is 12.1 Å². The van der Waals surface area contributed by atoms with Crippen LogP contribution >= 0.6 is 0 Å². The molecule has 1 aromatic carbocycles. The fourth-order valence-corrected chi connectivity index (χ4v) is 1.90. The van der Waals surface area contributed by atoms with E-state index in [1.54, 1.807) is 13.0 Å². The predicted molar refractivity (Wildman–Crippen MR) is 61.8 cm³/mol. The molecule has 0 aliphatic heterocycles. The second kappa shape index (κ2) is 3.64. The van der Waals surface area contributed by atoms with Crippen molar-refractivity contribution in [1.29, 1.82) is 5.26 Å². The van der Waals surface area contributed by atoms with Crippen LogP contribution in [-0.4, -0.2) is 4.98 Å². The van der Waals surface area contributed by atoms with Crippen molar-refractivity contribution in [3.8, 4) is 6.07 Å². The molecule has 0 saturated carbocycles. The number of nitriles is 1. The zero-order valence-corrected chi connectivity index (χ0v) is 9.56. The maximum absolute atomic E-state index is 13.5. The van der Waals surface area contributed by atoms with Crippen LogP contribution in [0.3, 0.4) is 0 Å². The predicted octanol–water partition coefficient (Wildman–Crippen LogP) is 3.61. The fourth-order valence-electron chi connectivity index (χ4n) is 1.90. The van der Waals surface area contributed by atoms with Gasteiger partial charge in [0.1, 0.15) is 11.9 Å². The van der Waals surface area contributed by atoms with Crippen molar-refractivity contribution in [2.24, 2.45) is 0 Å². The summed E-state index contributed by atoms with van der Waals surface area (Å²) >= 11 is 0. The summed E-state index contributed by atoms with van der Waals surface area (Å²) in [6, 6.07) is 5.33. The number of aryl methyl sites for hydroxylation is 1. The third-order valence-electron chi connectivity index (χ3n) is 2.80. The minimum Gasteiger partial charge on any atom is -0.357 e. The highest BCUT2D eigenvalue weighted by atomic mass is 19.1. The van der Waals surface area contributed by atoms with Gasteiger partial charge in [-0.1, -0.05) is 13.8 Å². The Labute approximate surface area is 93.7 Å². The van der Waals surface area contributed by atoms with Crippen LogP contribution < -0.4 is 0 Å². The van der Waals surface area contributed by atoms with Crippen molar-refractivity contribution in [2.75, 3.05) is 0 Å². The van der Waals surface area contributed by atoms with Crippen LogP contribution in [0, 0.1) is 24.1 Å². The molecule has 0 spiro atoms. The fraction of sp³-hybridized carbons (Fsp3) is 0.308. The SMILES string of the molecule is Cc1cc2[nH]c(C(C)C)c(C#N)c2cc1F. The zero-order chi connectivity index (χ0) is 11.9. The highest BCUT2D eigenvalue weighted by Crippen LogP contribution is 2.28. The van der Waals surface area contributed by atoms with Crippen molar-refractivity contribution in [3.05, 3.63) is 34.8 Å². The van der Waals surface area contributed by atoms with Crippen molar-refractivity contribution >= 4 is 10.9 Å². The Morgan fingerprint density at radius 2 is 2.06 bits per heavy atom. The van der Waals surface area contributed by atoms with Gasteiger partial charge in [0.15, 0.2) is 0 Å². The Kier molecular flexibility index (Phi) is 2.43. The number of aromatic nitrogens is 1. The van der Waals surface area contributed by atoms with Crippen molar-refractivity contribution in [1.82, 2.24) is 4.98 Å². The molecule has 3 heteroatoms. The number of halogens is 1. The lowest BCUT2D eigenvalue weighted by molar-refractivity contribution is 0.620. The number of hydrogen-bond donors (Lipinski definition) is 1. The first-order valence-electron chi connectivity index (χ1n) is 5.26. The van der Waals surface area contributed by atoms with Crippen LogP contribution in [0.5, 0.6) is 0 Å². The van der Waals surface area contributed by atoms with E-state index in [4.69, 9.17) is 5.26 Å². The molecule has 82 valence electrons. The highest BCUT2D eigenvalue weighted by molar-refractivity contribution is 5.88. The summed E-state index contributed by atoms with van der Waals surface area (Å²) in [6.45, 7) is 5.74. The molecular formula is C13H13FN2. The van der Waals surface area contributed by atoms with E-state index in [2.05, 4.69) is 11.1 Å². The lowest BCUT2D eigenvalue weighted by atomic mass is 10.0. The summed E-state index contributed by atoms with van der Waals surface area (Å²) in [5.74, 6) is -0.0382. The van der Waals surface area contributed by atoms with E-state index < -0.39 is 0 Å². The largest absolute Gasteiger partial charge is 0.357 e. The minimum absolute atomic E-state index is 0.227. The molecule has 0 atom stereocenters. The summed E-state index contributed by atoms with van der Waals surface area (Å²) in [6.07, 6.45) is 0. The normalized spacial score (nSPS) is 11.0. The van der Waals surface area contributed by atoms with E-state index in [0.717, 1.165) is 11.2 Å². The van der Waals surface area contributed by atoms with E-state index in [9.17, 15) is 4.39 Å². The van der Waals surface area contributed by atoms with Gasteiger partial charge >= 0.3 is 0 Å². The molecule has 16 heavy (non-hydrogen) atoms. The maximum atomic E-state index is 13.5. The number of nitrogens with one attached hydrogen (secondary N) is 1. The third kappa shape index (κ3) is 1.47. The molecular weight excluding hydrogens is 203 g/mol. The average Bonchev–Trinajstić information content (AvgIpc) is 2.57. The van der Waals surface area contributed by atoms with E-state index in [-0.39, 0.29) is 11.7 Å². The van der Waals surface area contributed by atoms with Gasteiger partial charge in [-0.25, -0.2) is 4.39 Å². The van der Waals surface area contributed by atoms with E-state index in [1.807, 2.05) is 13.8 Å². The number of hydrogen-bond acceptors (Lipinski definition) is 1. The number of nitrogens with zero attached hydrogens (tertiary/aromatic N) is 1. The van der Waals surface area contributed by atoms with Gasteiger partial charge in [0.2, 0.25) is 0 Å². The molecule has 2 nitrogen and oxygen atoms in total. The molecule has 2 aromatic rings. The lowest BCUT2D eigenvalue weighted by Gasteiger charge is -2.00. The molecule has 0 saturated heterocycles. The van der Waals surface area contributed by atoms with Crippen LogP contribution in [-0.2, 0) is 0 Å². The average molecular weight is 216 g/mol. The number of H-pyrrole nitrogens is 1. The molecule has 0 amide bonds. The molecule has 0 radical (unpaired) electrons. The monoisotopic (exact) mass is 216 g/mol. The Balaban J connectivity index is 2.84. The van der Waals surface area contributed by atoms with E-state index in [0.29, 0.717) is 16.5 Å². The van der Waals surface area contributed by atoms with Crippen LogP contribution in [0.4, 0.5) is 4.39 Å². The second-order valence-electron chi connectivity index (χ2n) is 4.33. The van der Waals surface area contributed by atoms with Crippen LogP contribution in [0.1, 0.15) is 36.6 Å². The minimum atomic E-state index is -0.265. The molecule has 0 aliphatic carbocycles. The van der Waals surface area contributed by atoms with Gasteiger partial charge in [0, 0.05) is 16.6 Å².